The number of aromatic nitrogens is 1. The van der Waals surface area contributed by atoms with Gasteiger partial charge >= 0.3 is 7.12 Å². The molecule has 5 nitrogen and oxygen atoms in total. The number of anilines is 2. The standard InChI is InChI=1S/C6H6F2N2.C5H6BNO2/c7-3-1-4(8)6(10)5(9)2-3;8-6(9)5-1-3-7-4-2-5/h1-2H,9-10H2;1-4,8-9H. The number of benzene rings is 1. The van der Waals surface area contributed by atoms with Crippen LogP contribution < -0.4 is 16.9 Å². The van der Waals surface area contributed by atoms with Crippen LogP contribution in [0.15, 0.2) is 36.7 Å². The Labute approximate surface area is 108 Å². The Bertz CT molecular complexity index is 518. The Morgan fingerprint density at radius 3 is 2.05 bits per heavy atom. The van der Waals surface area contributed by atoms with Crippen LogP contribution in [0.5, 0.6) is 0 Å². The van der Waals surface area contributed by atoms with Gasteiger partial charge in [0.2, 0.25) is 0 Å². The van der Waals surface area contributed by atoms with Crippen molar-refractivity contribution in [3.8, 4) is 0 Å². The Balaban J connectivity index is 0.000000191. The van der Waals surface area contributed by atoms with Gasteiger partial charge in [0, 0.05) is 18.5 Å². The summed E-state index contributed by atoms with van der Waals surface area (Å²) in [6, 6.07) is 4.75. The molecule has 0 bridgehead atoms. The molecule has 0 saturated carbocycles. The highest BCUT2D eigenvalue weighted by Crippen LogP contribution is 2.19. The summed E-state index contributed by atoms with van der Waals surface area (Å²) in [5, 5.41) is 17.1. The van der Waals surface area contributed by atoms with Crippen molar-refractivity contribution in [3.63, 3.8) is 0 Å². The van der Waals surface area contributed by atoms with Gasteiger partial charge in [-0.05, 0) is 23.7 Å². The number of pyridine rings is 1. The van der Waals surface area contributed by atoms with Crippen LogP contribution >= 0.6 is 0 Å². The van der Waals surface area contributed by atoms with Crippen LogP contribution in [-0.2, 0) is 0 Å². The van der Waals surface area contributed by atoms with Gasteiger partial charge in [-0.2, -0.15) is 0 Å². The van der Waals surface area contributed by atoms with Crippen LogP contribution in [0.3, 0.4) is 0 Å². The second-order valence-electron chi connectivity index (χ2n) is 3.54. The number of hydrogen-bond acceptors (Lipinski definition) is 5. The topological polar surface area (TPSA) is 105 Å². The molecule has 0 aliphatic carbocycles. The van der Waals surface area contributed by atoms with Gasteiger partial charge in [-0.25, -0.2) is 8.78 Å². The maximum Gasteiger partial charge on any atom is 0.488 e. The summed E-state index contributed by atoms with van der Waals surface area (Å²) >= 11 is 0. The molecule has 0 spiro atoms. The van der Waals surface area contributed by atoms with Gasteiger partial charge in [0.25, 0.3) is 0 Å². The normalized spacial score (nSPS) is 9.47. The fraction of sp³-hybridized carbons (Fsp3) is 0. The van der Waals surface area contributed by atoms with E-state index in [1.165, 1.54) is 12.4 Å². The third-order valence-corrected chi connectivity index (χ3v) is 2.13. The van der Waals surface area contributed by atoms with Crippen molar-refractivity contribution >= 4 is 24.0 Å². The molecule has 2 rings (SSSR count). The highest BCUT2D eigenvalue weighted by Gasteiger charge is 2.07. The Hall–Kier alpha value is -2.19. The highest BCUT2D eigenvalue weighted by atomic mass is 19.1. The lowest BCUT2D eigenvalue weighted by Crippen LogP contribution is -2.29. The second kappa shape index (κ2) is 6.67. The van der Waals surface area contributed by atoms with Crippen molar-refractivity contribution in [3.05, 3.63) is 48.3 Å². The van der Waals surface area contributed by atoms with Crippen molar-refractivity contribution in [2.45, 2.75) is 0 Å². The van der Waals surface area contributed by atoms with Crippen LogP contribution in [0.2, 0.25) is 0 Å². The Kier molecular flexibility index (Phi) is 5.22. The molecule has 0 amide bonds. The smallest absolute Gasteiger partial charge is 0.423 e. The first-order valence-electron chi connectivity index (χ1n) is 5.18. The van der Waals surface area contributed by atoms with E-state index in [-0.39, 0.29) is 11.4 Å². The molecular formula is C11H12BF2N3O2. The van der Waals surface area contributed by atoms with Crippen LogP contribution in [0.4, 0.5) is 20.2 Å². The van der Waals surface area contributed by atoms with Crippen LogP contribution in [0, 0.1) is 11.6 Å². The number of hydrogen-bond donors (Lipinski definition) is 4. The van der Waals surface area contributed by atoms with E-state index in [1.807, 2.05) is 0 Å². The molecule has 6 N–H and O–H groups in total. The summed E-state index contributed by atoms with van der Waals surface area (Å²) < 4.78 is 24.6. The quantitative estimate of drug-likeness (QED) is 0.426. The van der Waals surface area contributed by atoms with E-state index in [1.54, 1.807) is 12.1 Å². The van der Waals surface area contributed by atoms with Gasteiger partial charge in [0.1, 0.15) is 5.82 Å². The molecule has 100 valence electrons. The Morgan fingerprint density at radius 1 is 1.05 bits per heavy atom. The molecule has 0 saturated heterocycles. The van der Waals surface area contributed by atoms with Gasteiger partial charge in [-0.1, -0.05) is 0 Å². The minimum Gasteiger partial charge on any atom is -0.423 e. The lowest BCUT2D eigenvalue weighted by molar-refractivity contribution is 0.425. The van der Waals surface area contributed by atoms with Crippen LogP contribution in [-0.4, -0.2) is 22.2 Å². The van der Waals surface area contributed by atoms with E-state index >= 15 is 0 Å². The lowest BCUT2D eigenvalue weighted by atomic mass is 9.81. The fourth-order valence-corrected chi connectivity index (χ4v) is 1.14. The average molecular weight is 267 g/mol. The van der Waals surface area contributed by atoms with Gasteiger partial charge in [0.15, 0.2) is 5.82 Å². The zero-order valence-corrected chi connectivity index (χ0v) is 9.79. The first kappa shape index (κ1) is 14.9. The number of nitrogens with two attached hydrogens (primary N) is 2. The van der Waals surface area contributed by atoms with Crippen molar-refractivity contribution < 1.29 is 18.8 Å². The van der Waals surface area contributed by atoms with Crippen molar-refractivity contribution in [1.29, 1.82) is 0 Å². The van der Waals surface area contributed by atoms with Crippen molar-refractivity contribution in [1.82, 2.24) is 4.98 Å². The summed E-state index contributed by atoms with van der Waals surface area (Å²) in [6.07, 6.45) is 3.02. The molecule has 0 aliphatic rings. The average Bonchev–Trinajstić information content (AvgIpc) is 2.37. The molecular weight excluding hydrogens is 255 g/mol. The maximum atomic E-state index is 12.4. The number of halogens is 2. The number of rotatable bonds is 1. The minimum atomic E-state index is -1.38. The van der Waals surface area contributed by atoms with Crippen molar-refractivity contribution in [2.24, 2.45) is 0 Å². The number of nitrogen functional groups attached to an aromatic ring is 2. The monoisotopic (exact) mass is 267 g/mol. The van der Waals surface area contributed by atoms with E-state index in [9.17, 15) is 8.78 Å². The molecule has 0 atom stereocenters. The molecule has 0 radical (unpaired) electrons. The molecule has 0 fully saturated rings. The molecule has 2 aromatic rings. The minimum absolute atomic E-state index is 0.0718. The van der Waals surface area contributed by atoms with Crippen LogP contribution in [0.25, 0.3) is 0 Å². The van der Waals surface area contributed by atoms with Crippen LogP contribution in [0.1, 0.15) is 0 Å². The van der Waals surface area contributed by atoms with E-state index < -0.39 is 18.8 Å². The first-order chi connectivity index (χ1) is 8.91. The third kappa shape index (κ3) is 4.53. The largest absolute Gasteiger partial charge is 0.488 e. The summed E-state index contributed by atoms with van der Waals surface area (Å²) in [5.74, 6) is -1.54. The van der Waals surface area contributed by atoms with Gasteiger partial charge in [0.05, 0.1) is 11.4 Å². The Morgan fingerprint density at radius 2 is 1.63 bits per heavy atom. The molecule has 8 heteroatoms. The third-order valence-electron chi connectivity index (χ3n) is 2.13. The molecule has 1 heterocycles. The van der Waals surface area contributed by atoms with E-state index in [4.69, 9.17) is 21.5 Å². The summed E-state index contributed by atoms with van der Waals surface area (Å²) in [5.41, 5.74) is 10.4. The van der Waals surface area contributed by atoms with Gasteiger partial charge < -0.3 is 21.5 Å². The predicted molar refractivity (Wildman–Crippen MR) is 69.2 cm³/mol. The fourth-order valence-electron chi connectivity index (χ4n) is 1.14. The predicted octanol–water partition coefficient (Wildman–Crippen LogP) is -0.109. The second-order valence-corrected chi connectivity index (χ2v) is 3.54. The number of nitrogens with zero attached hydrogens (tertiary/aromatic N) is 1. The first-order valence-corrected chi connectivity index (χ1v) is 5.18. The van der Waals surface area contributed by atoms with Crippen molar-refractivity contribution in [2.75, 3.05) is 11.5 Å². The molecule has 0 unspecified atom stereocenters. The van der Waals surface area contributed by atoms with Gasteiger partial charge in [-0.15, -0.1) is 0 Å². The molecule has 19 heavy (non-hydrogen) atoms. The van der Waals surface area contributed by atoms with E-state index in [0.29, 0.717) is 11.5 Å². The molecule has 1 aromatic heterocycles. The van der Waals surface area contributed by atoms with E-state index in [2.05, 4.69) is 4.98 Å². The van der Waals surface area contributed by atoms with E-state index in [0.717, 1.165) is 6.07 Å². The van der Waals surface area contributed by atoms with Gasteiger partial charge in [-0.3, -0.25) is 4.98 Å². The zero-order valence-electron chi connectivity index (χ0n) is 9.79. The summed E-state index contributed by atoms with van der Waals surface area (Å²) in [6.45, 7) is 0. The lowest BCUT2D eigenvalue weighted by Gasteiger charge is -1.99. The molecule has 0 aliphatic heterocycles. The summed E-state index contributed by atoms with van der Waals surface area (Å²) in [4.78, 5) is 3.71. The maximum absolute atomic E-state index is 12.4. The summed E-state index contributed by atoms with van der Waals surface area (Å²) in [7, 11) is -1.38. The SMILES string of the molecule is Nc1cc(F)cc(F)c1N.OB(O)c1ccncc1. The molecule has 1 aromatic carbocycles. The highest BCUT2D eigenvalue weighted by molar-refractivity contribution is 6.58. The zero-order chi connectivity index (χ0) is 14.4.